The molecule has 1 aliphatic heterocycles. The summed E-state index contributed by atoms with van der Waals surface area (Å²) in [5.41, 5.74) is 3.42. The van der Waals surface area contributed by atoms with E-state index in [1.54, 1.807) is 18.4 Å². The number of para-hydroxylation sites is 1. The predicted octanol–water partition coefficient (Wildman–Crippen LogP) is 3.99. The minimum Gasteiger partial charge on any atom is -0.494 e. The zero-order valence-electron chi connectivity index (χ0n) is 12.2. The summed E-state index contributed by atoms with van der Waals surface area (Å²) in [7, 11) is 1.67. The van der Waals surface area contributed by atoms with Crippen LogP contribution >= 0.6 is 11.3 Å². The average molecular weight is 312 g/mol. The van der Waals surface area contributed by atoms with Crippen LogP contribution in [-0.2, 0) is 11.2 Å². The number of methoxy groups -OCH3 is 1. The molecule has 0 fully saturated rings. The number of thiazole rings is 1. The first-order valence-corrected chi connectivity index (χ1v) is 8.06. The van der Waals surface area contributed by atoms with Gasteiger partial charge in [0.25, 0.3) is 0 Å². The molecule has 0 saturated carbocycles. The summed E-state index contributed by atoms with van der Waals surface area (Å²) in [6.45, 7) is 0.725. The van der Waals surface area contributed by atoms with Crippen LogP contribution in [0.4, 0.5) is 5.13 Å². The van der Waals surface area contributed by atoms with Crippen molar-refractivity contribution in [1.29, 1.82) is 0 Å². The van der Waals surface area contributed by atoms with Gasteiger partial charge in [0.2, 0.25) is 0 Å². The molecule has 0 bridgehead atoms. The second kappa shape index (κ2) is 5.59. The number of hydrogen-bond acceptors (Lipinski definition) is 5. The maximum Gasteiger partial charge on any atom is 0.186 e. The minimum atomic E-state index is -0.142. The average Bonchev–Trinajstić information content (AvgIpc) is 2.97. The molecule has 0 amide bonds. The van der Waals surface area contributed by atoms with E-state index in [1.807, 2.05) is 18.2 Å². The van der Waals surface area contributed by atoms with E-state index in [4.69, 9.17) is 9.47 Å². The Bertz CT molecular complexity index is 815. The van der Waals surface area contributed by atoms with Crippen LogP contribution in [0.25, 0.3) is 10.2 Å². The Morgan fingerprint density at radius 3 is 3.05 bits per heavy atom. The van der Waals surface area contributed by atoms with E-state index in [-0.39, 0.29) is 6.23 Å². The van der Waals surface area contributed by atoms with E-state index in [2.05, 4.69) is 34.6 Å². The highest BCUT2D eigenvalue weighted by molar-refractivity contribution is 7.22. The zero-order valence-corrected chi connectivity index (χ0v) is 13.0. The fraction of sp³-hybridized carbons (Fsp3) is 0.235. The molecule has 3 aromatic rings. The Balaban J connectivity index is 1.67. The monoisotopic (exact) mass is 312 g/mol. The highest BCUT2D eigenvalue weighted by atomic mass is 32.1. The van der Waals surface area contributed by atoms with Crippen molar-refractivity contribution in [2.45, 2.75) is 12.6 Å². The number of nitrogens with one attached hydrogen (secondary N) is 1. The number of fused-ring (bicyclic) bond motifs is 2. The molecule has 1 atom stereocenters. The molecule has 112 valence electrons. The van der Waals surface area contributed by atoms with Gasteiger partial charge in [0.1, 0.15) is 11.3 Å². The Labute approximate surface area is 132 Å². The second-order valence-electron chi connectivity index (χ2n) is 5.17. The molecule has 2 heterocycles. The van der Waals surface area contributed by atoms with Crippen molar-refractivity contribution in [3.63, 3.8) is 0 Å². The van der Waals surface area contributed by atoms with Gasteiger partial charge in [-0.2, -0.15) is 0 Å². The molecule has 0 radical (unpaired) electrons. The first-order valence-electron chi connectivity index (χ1n) is 7.24. The van der Waals surface area contributed by atoms with E-state index in [0.717, 1.165) is 34.1 Å². The quantitative estimate of drug-likeness (QED) is 0.794. The SMILES string of the molecule is COc1cccc2sc(NC3OCCc4ccccc43)nc12. The van der Waals surface area contributed by atoms with Crippen LogP contribution in [0.5, 0.6) is 5.75 Å². The van der Waals surface area contributed by atoms with Gasteiger partial charge in [0.05, 0.1) is 18.4 Å². The molecule has 22 heavy (non-hydrogen) atoms. The topological polar surface area (TPSA) is 43.4 Å². The highest BCUT2D eigenvalue weighted by Gasteiger charge is 2.21. The lowest BCUT2D eigenvalue weighted by atomic mass is 10.0. The number of hydrogen-bond donors (Lipinski definition) is 1. The fourth-order valence-corrected chi connectivity index (χ4v) is 3.68. The third kappa shape index (κ3) is 2.32. The normalized spacial score (nSPS) is 17.2. The Morgan fingerprint density at radius 2 is 2.14 bits per heavy atom. The van der Waals surface area contributed by atoms with Gasteiger partial charge in [-0.15, -0.1) is 0 Å². The first kappa shape index (κ1) is 13.5. The summed E-state index contributed by atoms with van der Waals surface area (Å²) in [5, 5.41) is 4.26. The van der Waals surface area contributed by atoms with Gasteiger partial charge >= 0.3 is 0 Å². The molecule has 1 N–H and O–H groups in total. The summed E-state index contributed by atoms with van der Waals surface area (Å²) in [6, 6.07) is 14.4. The molecule has 1 unspecified atom stereocenters. The van der Waals surface area contributed by atoms with Crippen molar-refractivity contribution in [2.24, 2.45) is 0 Å². The van der Waals surface area contributed by atoms with Crippen LogP contribution < -0.4 is 10.1 Å². The lowest BCUT2D eigenvalue weighted by Gasteiger charge is -2.26. The van der Waals surface area contributed by atoms with Crippen LogP contribution in [0.15, 0.2) is 42.5 Å². The van der Waals surface area contributed by atoms with E-state index < -0.39 is 0 Å². The summed E-state index contributed by atoms with van der Waals surface area (Å²) < 4.78 is 12.4. The molecular weight excluding hydrogens is 296 g/mol. The van der Waals surface area contributed by atoms with Crippen molar-refractivity contribution < 1.29 is 9.47 Å². The van der Waals surface area contributed by atoms with Gasteiger partial charge in [-0.25, -0.2) is 4.98 Å². The van der Waals surface area contributed by atoms with E-state index in [9.17, 15) is 0 Å². The summed E-state index contributed by atoms with van der Waals surface area (Å²) >= 11 is 1.61. The standard InChI is InChI=1S/C17H16N2O2S/c1-20-13-7-4-8-14-15(13)18-17(22-14)19-16-12-6-3-2-5-11(12)9-10-21-16/h2-8,16H,9-10H2,1H3,(H,18,19). The van der Waals surface area contributed by atoms with Crippen molar-refractivity contribution in [3.8, 4) is 5.75 Å². The fourth-order valence-electron chi connectivity index (χ4n) is 2.78. The summed E-state index contributed by atoms with van der Waals surface area (Å²) in [5.74, 6) is 0.798. The molecule has 0 aliphatic carbocycles. The first-order chi connectivity index (χ1) is 10.8. The maximum absolute atomic E-state index is 5.89. The molecule has 0 saturated heterocycles. The van der Waals surface area contributed by atoms with E-state index in [0.29, 0.717) is 0 Å². The van der Waals surface area contributed by atoms with E-state index >= 15 is 0 Å². The van der Waals surface area contributed by atoms with Crippen molar-refractivity contribution in [3.05, 3.63) is 53.6 Å². The van der Waals surface area contributed by atoms with Crippen molar-refractivity contribution >= 4 is 26.7 Å². The Kier molecular flexibility index (Phi) is 3.44. The summed E-state index contributed by atoms with van der Waals surface area (Å²) in [6.07, 6.45) is 0.818. The third-order valence-electron chi connectivity index (χ3n) is 3.85. The van der Waals surface area contributed by atoms with Gasteiger partial charge in [-0.3, -0.25) is 0 Å². The number of anilines is 1. The van der Waals surface area contributed by atoms with Gasteiger partial charge in [-0.05, 0) is 24.1 Å². The molecule has 5 heteroatoms. The number of ether oxygens (including phenoxy) is 2. The van der Waals surface area contributed by atoms with Crippen LogP contribution in [0, 0.1) is 0 Å². The Morgan fingerprint density at radius 1 is 1.23 bits per heavy atom. The zero-order chi connectivity index (χ0) is 14.9. The number of rotatable bonds is 3. The van der Waals surface area contributed by atoms with Crippen LogP contribution in [0.1, 0.15) is 17.4 Å². The van der Waals surface area contributed by atoms with Gasteiger partial charge in [0.15, 0.2) is 11.4 Å². The summed E-state index contributed by atoms with van der Waals surface area (Å²) in [4.78, 5) is 4.65. The molecule has 1 aliphatic rings. The lowest BCUT2D eigenvalue weighted by Crippen LogP contribution is -2.22. The number of benzene rings is 2. The van der Waals surface area contributed by atoms with Crippen molar-refractivity contribution in [2.75, 3.05) is 19.0 Å². The molecule has 1 aromatic heterocycles. The number of aromatic nitrogens is 1. The third-order valence-corrected chi connectivity index (χ3v) is 4.80. The lowest BCUT2D eigenvalue weighted by molar-refractivity contribution is 0.0618. The van der Waals surface area contributed by atoms with Crippen molar-refractivity contribution in [1.82, 2.24) is 4.98 Å². The predicted molar refractivity (Wildman–Crippen MR) is 88.6 cm³/mol. The smallest absolute Gasteiger partial charge is 0.186 e. The second-order valence-corrected chi connectivity index (χ2v) is 6.20. The molecule has 2 aromatic carbocycles. The molecule has 0 spiro atoms. The largest absolute Gasteiger partial charge is 0.494 e. The molecule has 4 nitrogen and oxygen atoms in total. The van der Waals surface area contributed by atoms with Crippen LogP contribution in [-0.4, -0.2) is 18.7 Å². The van der Waals surface area contributed by atoms with Gasteiger partial charge in [0, 0.05) is 5.56 Å². The maximum atomic E-state index is 5.89. The van der Waals surface area contributed by atoms with E-state index in [1.165, 1.54) is 11.1 Å². The molecular formula is C17H16N2O2S. The number of nitrogens with zero attached hydrogens (tertiary/aromatic N) is 1. The van der Waals surface area contributed by atoms with Crippen LogP contribution in [0.3, 0.4) is 0 Å². The minimum absolute atomic E-state index is 0.142. The Hall–Kier alpha value is -2.11. The highest BCUT2D eigenvalue weighted by Crippen LogP contribution is 2.35. The van der Waals surface area contributed by atoms with Gasteiger partial charge < -0.3 is 14.8 Å². The van der Waals surface area contributed by atoms with Gasteiger partial charge in [-0.1, -0.05) is 41.7 Å². The van der Waals surface area contributed by atoms with Crippen LogP contribution in [0.2, 0.25) is 0 Å². The molecule has 4 rings (SSSR count).